The molecule has 0 bridgehead atoms. The normalized spacial score (nSPS) is 11.2. The van der Waals surface area contributed by atoms with E-state index in [2.05, 4.69) is 26.2 Å². The first-order chi connectivity index (χ1) is 11.2. The van der Waals surface area contributed by atoms with Crippen LogP contribution >= 0.6 is 15.9 Å². The smallest absolute Gasteiger partial charge is 0.266 e. The van der Waals surface area contributed by atoms with Gasteiger partial charge in [0.25, 0.3) is 5.91 Å². The standard InChI is InChI=1S/C18H12BrN3O/c19-14-5-7-15(8-6-14)22-18(23)12(10-20)9-13-11-21-17-4-2-1-3-16(13)17/h1-9,11,21H,(H,22,23)/b12-9-. The minimum absolute atomic E-state index is 0.0534. The number of halogens is 1. The van der Waals surface area contributed by atoms with E-state index in [9.17, 15) is 10.1 Å². The molecule has 0 aliphatic carbocycles. The molecule has 3 aromatic rings. The third kappa shape index (κ3) is 3.33. The van der Waals surface area contributed by atoms with E-state index in [1.54, 1.807) is 24.4 Å². The van der Waals surface area contributed by atoms with E-state index < -0.39 is 5.91 Å². The van der Waals surface area contributed by atoms with Crippen molar-refractivity contribution in [3.8, 4) is 6.07 Å². The molecule has 112 valence electrons. The molecule has 1 amide bonds. The van der Waals surface area contributed by atoms with Gasteiger partial charge in [0.05, 0.1) is 0 Å². The van der Waals surface area contributed by atoms with Gasteiger partial charge in [-0.1, -0.05) is 34.1 Å². The lowest BCUT2D eigenvalue weighted by atomic mass is 10.1. The van der Waals surface area contributed by atoms with Crippen LogP contribution in [0.3, 0.4) is 0 Å². The zero-order chi connectivity index (χ0) is 16.2. The van der Waals surface area contributed by atoms with Gasteiger partial charge in [0.15, 0.2) is 0 Å². The van der Waals surface area contributed by atoms with Crippen LogP contribution in [0.1, 0.15) is 5.56 Å². The third-order valence-corrected chi connectivity index (χ3v) is 3.92. The van der Waals surface area contributed by atoms with Gasteiger partial charge in [-0.2, -0.15) is 5.26 Å². The number of anilines is 1. The second kappa shape index (κ2) is 6.51. The maximum Gasteiger partial charge on any atom is 0.266 e. The van der Waals surface area contributed by atoms with Crippen LogP contribution in [0, 0.1) is 11.3 Å². The number of hydrogen-bond donors (Lipinski definition) is 2. The molecule has 0 fully saturated rings. The zero-order valence-electron chi connectivity index (χ0n) is 12.0. The summed E-state index contributed by atoms with van der Waals surface area (Å²) in [7, 11) is 0. The number of carbonyl (C=O) groups excluding carboxylic acids is 1. The molecule has 23 heavy (non-hydrogen) atoms. The van der Waals surface area contributed by atoms with E-state index in [4.69, 9.17) is 0 Å². The van der Waals surface area contributed by atoms with E-state index in [0.29, 0.717) is 5.69 Å². The lowest BCUT2D eigenvalue weighted by Crippen LogP contribution is -2.13. The molecule has 0 atom stereocenters. The van der Waals surface area contributed by atoms with Crippen molar-refractivity contribution >= 4 is 44.5 Å². The number of benzene rings is 2. The van der Waals surface area contributed by atoms with Crippen LogP contribution < -0.4 is 5.32 Å². The predicted molar refractivity (Wildman–Crippen MR) is 94.7 cm³/mol. The maximum absolute atomic E-state index is 12.3. The highest BCUT2D eigenvalue weighted by Gasteiger charge is 2.11. The number of aromatic amines is 1. The molecule has 0 saturated carbocycles. The summed E-state index contributed by atoms with van der Waals surface area (Å²) in [6.07, 6.45) is 3.38. The van der Waals surface area contributed by atoms with E-state index in [0.717, 1.165) is 20.9 Å². The number of H-pyrrole nitrogens is 1. The van der Waals surface area contributed by atoms with Crippen molar-refractivity contribution in [1.29, 1.82) is 5.26 Å². The molecule has 0 saturated heterocycles. The Morgan fingerprint density at radius 2 is 1.91 bits per heavy atom. The van der Waals surface area contributed by atoms with Crippen molar-refractivity contribution in [2.24, 2.45) is 0 Å². The Bertz CT molecular complexity index is 933. The summed E-state index contributed by atoms with van der Waals surface area (Å²) in [5.41, 5.74) is 2.46. The summed E-state index contributed by atoms with van der Waals surface area (Å²) in [5.74, 6) is -0.430. The number of para-hydroxylation sites is 1. The lowest BCUT2D eigenvalue weighted by Gasteiger charge is -2.04. The van der Waals surface area contributed by atoms with Crippen LogP contribution in [-0.2, 0) is 4.79 Å². The van der Waals surface area contributed by atoms with Crippen molar-refractivity contribution < 1.29 is 4.79 Å². The van der Waals surface area contributed by atoms with Gasteiger partial charge >= 0.3 is 0 Å². The maximum atomic E-state index is 12.3. The number of amides is 1. The summed E-state index contributed by atoms with van der Waals surface area (Å²) < 4.78 is 0.922. The van der Waals surface area contributed by atoms with Gasteiger partial charge in [-0.05, 0) is 36.4 Å². The Labute approximate surface area is 141 Å². The Balaban J connectivity index is 1.88. The highest BCUT2D eigenvalue weighted by Crippen LogP contribution is 2.21. The van der Waals surface area contributed by atoms with Crippen LogP contribution in [0.5, 0.6) is 0 Å². The molecule has 2 aromatic carbocycles. The number of aromatic nitrogens is 1. The van der Waals surface area contributed by atoms with E-state index >= 15 is 0 Å². The van der Waals surface area contributed by atoms with Crippen molar-refractivity contribution in [1.82, 2.24) is 4.98 Å². The summed E-state index contributed by atoms with van der Waals surface area (Å²) >= 11 is 3.34. The Kier molecular flexibility index (Phi) is 4.26. The number of rotatable bonds is 3. The molecular weight excluding hydrogens is 354 g/mol. The fraction of sp³-hybridized carbons (Fsp3) is 0. The van der Waals surface area contributed by atoms with Gasteiger partial charge in [0, 0.05) is 32.8 Å². The van der Waals surface area contributed by atoms with Crippen molar-refractivity contribution in [3.63, 3.8) is 0 Å². The van der Waals surface area contributed by atoms with Gasteiger partial charge in [-0.3, -0.25) is 4.79 Å². The number of nitrogens with one attached hydrogen (secondary N) is 2. The van der Waals surface area contributed by atoms with Crippen LogP contribution in [0.15, 0.2) is 64.8 Å². The van der Waals surface area contributed by atoms with Crippen LogP contribution in [0.25, 0.3) is 17.0 Å². The molecule has 5 heteroatoms. The number of carbonyl (C=O) groups is 1. The molecule has 0 unspecified atom stereocenters. The largest absolute Gasteiger partial charge is 0.361 e. The monoisotopic (exact) mass is 365 g/mol. The Morgan fingerprint density at radius 1 is 1.17 bits per heavy atom. The Morgan fingerprint density at radius 3 is 2.65 bits per heavy atom. The van der Waals surface area contributed by atoms with E-state index in [1.807, 2.05) is 42.5 Å². The first kappa shape index (κ1) is 15.1. The summed E-state index contributed by atoms with van der Waals surface area (Å²) in [6.45, 7) is 0. The SMILES string of the molecule is N#C/C(=C/c1c[nH]c2ccccc12)C(=O)Nc1ccc(Br)cc1. The lowest BCUT2D eigenvalue weighted by molar-refractivity contribution is -0.112. The number of nitriles is 1. The number of hydrogen-bond acceptors (Lipinski definition) is 2. The molecule has 1 heterocycles. The van der Waals surface area contributed by atoms with Crippen molar-refractivity contribution in [3.05, 3.63) is 70.3 Å². The van der Waals surface area contributed by atoms with Crippen LogP contribution in [0.4, 0.5) is 5.69 Å². The first-order valence-corrected chi connectivity index (χ1v) is 7.71. The summed E-state index contributed by atoms with van der Waals surface area (Å²) in [6, 6.07) is 16.9. The van der Waals surface area contributed by atoms with Gasteiger partial charge in [-0.25, -0.2) is 0 Å². The molecule has 3 rings (SSSR count). The predicted octanol–water partition coefficient (Wildman–Crippen LogP) is 4.48. The first-order valence-electron chi connectivity index (χ1n) is 6.92. The third-order valence-electron chi connectivity index (χ3n) is 3.39. The molecular formula is C18H12BrN3O. The molecule has 0 aliphatic heterocycles. The van der Waals surface area contributed by atoms with Crippen LogP contribution in [0.2, 0.25) is 0 Å². The highest BCUT2D eigenvalue weighted by molar-refractivity contribution is 9.10. The Hall–Kier alpha value is -2.84. The molecule has 0 spiro atoms. The fourth-order valence-electron chi connectivity index (χ4n) is 2.25. The fourth-order valence-corrected chi connectivity index (χ4v) is 2.51. The second-order valence-corrected chi connectivity index (χ2v) is 5.84. The van der Waals surface area contributed by atoms with E-state index in [1.165, 1.54) is 0 Å². The van der Waals surface area contributed by atoms with Crippen molar-refractivity contribution in [2.45, 2.75) is 0 Å². The molecule has 2 N–H and O–H groups in total. The minimum atomic E-state index is -0.430. The summed E-state index contributed by atoms with van der Waals surface area (Å²) in [4.78, 5) is 15.4. The summed E-state index contributed by atoms with van der Waals surface area (Å²) in [5, 5.41) is 13.0. The van der Waals surface area contributed by atoms with Crippen molar-refractivity contribution in [2.75, 3.05) is 5.32 Å². The van der Waals surface area contributed by atoms with E-state index in [-0.39, 0.29) is 5.57 Å². The average molecular weight is 366 g/mol. The number of nitrogens with zero attached hydrogens (tertiary/aromatic N) is 1. The van der Waals surface area contributed by atoms with Gasteiger partial charge in [0.2, 0.25) is 0 Å². The molecule has 4 nitrogen and oxygen atoms in total. The topological polar surface area (TPSA) is 68.7 Å². The highest BCUT2D eigenvalue weighted by atomic mass is 79.9. The second-order valence-electron chi connectivity index (χ2n) is 4.92. The average Bonchev–Trinajstić information content (AvgIpc) is 2.97. The molecule has 0 radical (unpaired) electrons. The van der Waals surface area contributed by atoms with Gasteiger partial charge in [0.1, 0.15) is 11.6 Å². The quantitative estimate of drug-likeness (QED) is 0.530. The van der Waals surface area contributed by atoms with Gasteiger partial charge in [-0.15, -0.1) is 0 Å². The van der Waals surface area contributed by atoms with Crippen LogP contribution in [-0.4, -0.2) is 10.9 Å². The van der Waals surface area contributed by atoms with Gasteiger partial charge < -0.3 is 10.3 Å². The molecule has 1 aromatic heterocycles. The number of fused-ring (bicyclic) bond motifs is 1. The minimum Gasteiger partial charge on any atom is -0.361 e. The molecule has 0 aliphatic rings. The zero-order valence-corrected chi connectivity index (χ0v) is 13.6.